The molecule has 0 atom stereocenters. The van der Waals surface area contributed by atoms with E-state index in [2.05, 4.69) is 28.7 Å². The van der Waals surface area contributed by atoms with E-state index in [-0.39, 0.29) is 12.0 Å². The summed E-state index contributed by atoms with van der Waals surface area (Å²) in [5.74, 6) is 0.655. The van der Waals surface area contributed by atoms with E-state index in [0.717, 1.165) is 31.7 Å². The monoisotopic (exact) mass is 363 g/mol. The van der Waals surface area contributed by atoms with Crippen LogP contribution in [0.1, 0.15) is 44.1 Å². The van der Waals surface area contributed by atoms with E-state index >= 15 is 0 Å². The molecule has 2 amide bonds. The molecular weight excluding hydrogens is 334 g/mol. The molecule has 1 fully saturated rings. The van der Waals surface area contributed by atoms with E-state index in [0.29, 0.717) is 38.5 Å². The van der Waals surface area contributed by atoms with Crippen LogP contribution in [-0.4, -0.2) is 77.6 Å². The number of hydrogen-bond donors (Lipinski definition) is 0. The van der Waals surface area contributed by atoms with Gasteiger partial charge >= 0.3 is 6.09 Å². The van der Waals surface area contributed by atoms with Gasteiger partial charge in [-0.25, -0.2) is 14.8 Å². The summed E-state index contributed by atoms with van der Waals surface area (Å²) in [6.07, 6.45) is 4.76. The minimum Gasteiger partial charge on any atom is -0.450 e. The Morgan fingerprint density at radius 1 is 1.04 bits per heavy atom. The molecule has 1 aromatic rings. The molecule has 1 aliphatic rings. The summed E-state index contributed by atoms with van der Waals surface area (Å²) < 4.78 is 5.02. The van der Waals surface area contributed by atoms with Crippen molar-refractivity contribution in [1.29, 1.82) is 0 Å². The number of anilines is 1. The Bertz CT molecular complexity index is 579. The number of piperazine rings is 1. The maximum atomic E-state index is 12.5. The van der Waals surface area contributed by atoms with Gasteiger partial charge in [-0.3, -0.25) is 4.79 Å². The fourth-order valence-corrected chi connectivity index (χ4v) is 2.94. The van der Waals surface area contributed by atoms with Crippen molar-refractivity contribution >= 4 is 17.8 Å². The second kappa shape index (κ2) is 9.94. The number of carbonyl (C=O) groups excluding carboxylic acids is 2. The first-order valence-corrected chi connectivity index (χ1v) is 9.38. The molecule has 8 nitrogen and oxygen atoms in total. The van der Waals surface area contributed by atoms with Crippen LogP contribution in [0.4, 0.5) is 10.6 Å². The van der Waals surface area contributed by atoms with Gasteiger partial charge in [-0.2, -0.15) is 0 Å². The molecule has 1 aromatic heterocycles. The van der Waals surface area contributed by atoms with Gasteiger partial charge in [-0.15, -0.1) is 0 Å². The number of rotatable bonds is 7. The fraction of sp³-hybridized carbons (Fsp3) is 0.667. The summed E-state index contributed by atoms with van der Waals surface area (Å²) in [5, 5.41) is 0. The van der Waals surface area contributed by atoms with E-state index < -0.39 is 0 Å². The SMILES string of the molecule is CCCN(CCC)C(=O)c1cnc(N2CCN(C(=O)OCC)CC2)cn1. The quantitative estimate of drug-likeness (QED) is 0.737. The van der Waals surface area contributed by atoms with Gasteiger partial charge in [0, 0.05) is 39.3 Å². The van der Waals surface area contributed by atoms with E-state index in [1.54, 1.807) is 24.2 Å². The first-order valence-electron chi connectivity index (χ1n) is 9.38. The van der Waals surface area contributed by atoms with Crippen LogP contribution in [0.15, 0.2) is 12.4 Å². The smallest absolute Gasteiger partial charge is 0.409 e. The van der Waals surface area contributed by atoms with Crippen LogP contribution in [0.3, 0.4) is 0 Å². The standard InChI is InChI=1S/C18H29N5O3/c1-4-7-22(8-5-2)17(24)15-13-20-16(14-19-15)21-9-11-23(12-10-21)18(25)26-6-3/h13-14H,4-12H2,1-3H3. The lowest BCUT2D eigenvalue weighted by molar-refractivity contribution is 0.0749. The Hall–Kier alpha value is -2.38. The first-order chi connectivity index (χ1) is 12.6. The lowest BCUT2D eigenvalue weighted by Gasteiger charge is -2.34. The molecule has 2 rings (SSSR count). The summed E-state index contributed by atoms with van der Waals surface area (Å²) in [5.41, 5.74) is 0.376. The van der Waals surface area contributed by atoms with Crippen LogP contribution in [0, 0.1) is 0 Å². The van der Waals surface area contributed by atoms with Crippen molar-refractivity contribution < 1.29 is 14.3 Å². The average molecular weight is 363 g/mol. The van der Waals surface area contributed by atoms with E-state index in [9.17, 15) is 9.59 Å². The Morgan fingerprint density at radius 3 is 2.19 bits per heavy atom. The highest BCUT2D eigenvalue weighted by molar-refractivity contribution is 5.92. The van der Waals surface area contributed by atoms with Gasteiger partial charge in [0.15, 0.2) is 0 Å². The van der Waals surface area contributed by atoms with Crippen molar-refractivity contribution in [2.45, 2.75) is 33.6 Å². The Balaban J connectivity index is 1.95. The zero-order valence-corrected chi connectivity index (χ0v) is 16.0. The predicted molar refractivity (Wildman–Crippen MR) is 99.3 cm³/mol. The number of nitrogens with zero attached hydrogens (tertiary/aromatic N) is 5. The normalized spacial score (nSPS) is 14.3. The minimum atomic E-state index is -0.272. The number of carbonyl (C=O) groups is 2. The summed E-state index contributed by atoms with van der Waals surface area (Å²) >= 11 is 0. The van der Waals surface area contributed by atoms with Crippen LogP contribution in [-0.2, 0) is 4.74 Å². The largest absolute Gasteiger partial charge is 0.450 e. The molecule has 144 valence electrons. The van der Waals surface area contributed by atoms with Crippen LogP contribution in [0.5, 0.6) is 0 Å². The number of aromatic nitrogens is 2. The van der Waals surface area contributed by atoms with Crippen molar-refractivity contribution in [3.05, 3.63) is 18.1 Å². The molecule has 0 spiro atoms. The Morgan fingerprint density at radius 2 is 1.69 bits per heavy atom. The maximum absolute atomic E-state index is 12.5. The summed E-state index contributed by atoms with van der Waals surface area (Å²) in [7, 11) is 0. The molecule has 0 saturated carbocycles. The maximum Gasteiger partial charge on any atom is 0.409 e. The van der Waals surface area contributed by atoms with Crippen LogP contribution < -0.4 is 4.90 Å². The number of amides is 2. The molecule has 1 aliphatic heterocycles. The van der Waals surface area contributed by atoms with E-state index in [1.165, 1.54) is 0 Å². The third-order valence-corrected chi connectivity index (χ3v) is 4.26. The third-order valence-electron chi connectivity index (χ3n) is 4.26. The van der Waals surface area contributed by atoms with Crippen molar-refractivity contribution in [3.63, 3.8) is 0 Å². The van der Waals surface area contributed by atoms with Gasteiger partial charge in [0.05, 0.1) is 19.0 Å². The first kappa shape index (κ1) is 19.9. The lowest BCUT2D eigenvalue weighted by Crippen LogP contribution is -2.49. The predicted octanol–water partition coefficient (Wildman–Crippen LogP) is 2.02. The van der Waals surface area contributed by atoms with Gasteiger partial charge < -0.3 is 19.4 Å². The second-order valence-corrected chi connectivity index (χ2v) is 6.23. The van der Waals surface area contributed by atoms with E-state index in [1.807, 2.05) is 4.90 Å². The van der Waals surface area contributed by atoms with Crippen molar-refractivity contribution in [3.8, 4) is 0 Å². The molecular formula is C18H29N5O3. The van der Waals surface area contributed by atoms with E-state index in [4.69, 9.17) is 4.74 Å². The third kappa shape index (κ3) is 5.06. The summed E-state index contributed by atoms with van der Waals surface area (Å²) in [4.78, 5) is 38.6. The van der Waals surface area contributed by atoms with Gasteiger partial charge in [0.1, 0.15) is 11.5 Å². The molecule has 0 aromatic carbocycles. The zero-order chi connectivity index (χ0) is 18.9. The average Bonchev–Trinajstić information content (AvgIpc) is 2.68. The highest BCUT2D eigenvalue weighted by atomic mass is 16.6. The molecule has 0 N–H and O–H groups in total. The summed E-state index contributed by atoms with van der Waals surface area (Å²) in [6, 6.07) is 0. The van der Waals surface area contributed by atoms with Gasteiger partial charge in [-0.1, -0.05) is 13.8 Å². The van der Waals surface area contributed by atoms with Crippen LogP contribution in [0.2, 0.25) is 0 Å². The summed E-state index contributed by atoms with van der Waals surface area (Å²) in [6.45, 7) is 10.3. The molecule has 1 saturated heterocycles. The van der Waals surface area contributed by atoms with Crippen LogP contribution in [0.25, 0.3) is 0 Å². The second-order valence-electron chi connectivity index (χ2n) is 6.23. The molecule has 8 heteroatoms. The van der Waals surface area contributed by atoms with Crippen molar-refractivity contribution in [2.24, 2.45) is 0 Å². The number of ether oxygens (including phenoxy) is 1. The Kier molecular flexibility index (Phi) is 7.62. The number of hydrogen-bond acceptors (Lipinski definition) is 6. The Labute approximate surface area is 155 Å². The minimum absolute atomic E-state index is 0.0696. The lowest BCUT2D eigenvalue weighted by atomic mass is 10.3. The topological polar surface area (TPSA) is 78.9 Å². The van der Waals surface area contributed by atoms with Gasteiger partial charge in [-0.05, 0) is 19.8 Å². The van der Waals surface area contributed by atoms with Crippen molar-refractivity contribution in [2.75, 3.05) is 50.8 Å². The molecule has 2 heterocycles. The fourth-order valence-electron chi connectivity index (χ4n) is 2.94. The molecule has 0 aliphatic carbocycles. The van der Waals surface area contributed by atoms with Gasteiger partial charge in [0.25, 0.3) is 5.91 Å². The molecule has 0 bridgehead atoms. The van der Waals surface area contributed by atoms with Crippen LogP contribution >= 0.6 is 0 Å². The molecule has 0 radical (unpaired) electrons. The highest BCUT2D eigenvalue weighted by Gasteiger charge is 2.23. The molecule has 26 heavy (non-hydrogen) atoms. The van der Waals surface area contributed by atoms with Gasteiger partial charge in [0.2, 0.25) is 0 Å². The zero-order valence-electron chi connectivity index (χ0n) is 16.0. The molecule has 0 unspecified atom stereocenters. The highest BCUT2D eigenvalue weighted by Crippen LogP contribution is 2.14. The van der Waals surface area contributed by atoms with Crippen molar-refractivity contribution in [1.82, 2.24) is 19.8 Å².